The molecule has 0 aliphatic heterocycles. The number of imidazole rings is 1. The number of nitrogens with zero attached hydrogens (tertiary/aromatic N) is 3. The number of aromatic nitrogens is 2. The Bertz CT molecular complexity index is 1160. The highest BCUT2D eigenvalue weighted by molar-refractivity contribution is 5.81. The Morgan fingerprint density at radius 1 is 1.06 bits per heavy atom. The van der Waals surface area contributed by atoms with E-state index in [2.05, 4.69) is 5.32 Å². The highest BCUT2D eigenvalue weighted by Gasteiger charge is 2.22. The number of hydrogen-bond donors (Lipinski definition) is 1. The molecule has 0 saturated heterocycles. The second kappa shape index (κ2) is 11.9. The van der Waals surface area contributed by atoms with Crippen molar-refractivity contribution in [1.82, 2.24) is 19.8 Å². The first-order chi connectivity index (χ1) is 16.7. The third-order valence-corrected chi connectivity index (χ3v) is 6.03. The van der Waals surface area contributed by atoms with E-state index in [-0.39, 0.29) is 37.0 Å². The molecule has 1 heterocycles. The molecule has 0 atom stereocenters. The number of carbonyl (C=O) groups excluding carboxylic acids is 2. The Balaban J connectivity index is 1.59. The molecule has 0 bridgehead atoms. The molecule has 7 nitrogen and oxygen atoms in total. The molecule has 188 valence electrons. The molecule has 0 aliphatic rings. The minimum atomic E-state index is -0.154. The highest BCUT2D eigenvalue weighted by Crippen LogP contribution is 2.20. The van der Waals surface area contributed by atoms with E-state index in [0.717, 1.165) is 33.7 Å². The van der Waals surface area contributed by atoms with Crippen molar-refractivity contribution in [3.8, 4) is 5.75 Å². The SMILES string of the molecule is Cc1ccc(C)c(OCC(=O)NCCCc2nc3ccccc3n2CC(=O)N(C(C)C)C(C)C)c1. The zero-order chi connectivity index (χ0) is 25.5. The van der Waals surface area contributed by atoms with Gasteiger partial charge in [-0.2, -0.15) is 0 Å². The normalized spacial score (nSPS) is 11.3. The van der Waals surface area contributed by atoms with E-state index >= 15 is 0 Å². The Hall–Kier alpha value is -3.35. The number of ether oxygens (including phenoxy) is 1. The number of carbonyl (C=O) groups is 2. The van der Waals surface area contributed by atoms with Crippen LogP contribution in [0.4, 0.5) is 0 Å². The highest BCUT2D eigenvalue weighted by atomic mass is 16.5. The van der Waals surface area contributed by atoms with Gasteiger partial charge >= 0.3 is 0 Å². The van der Waals surface area contributed by atoms with Crippen LogP contribution < -0.4 is 10.1 Å². The van der Waals surface area contributed by atoms with Crippen molar-refractivity contribution in [3.05, 3.63) is 59.4 Å². The van der Waals surface area contributed by atoms with Crippen molar-refractivity contribution >= 4 is 22.8 Å². The molecule has 0 saturated carbocycles. The van der Waals surface area contributed by atoms with Crippen LogP contribution >= 0.6 is 0 Å². The average Bonchev–Trinajstić information content (AvgIpc) is 3.14. The van der Waals surface area contributed by atoms with Gasteiger partial charge in [-0.1, -0.05) is 24.3 Å². The number of nitrogens with one attached hydrogen (secondary N) is 1. The number of benzene rings is 2. The summed E-state index contributed by atoms with van der Waals surface area (Å²) in [5.41, 5.74) is 3.93. The van der Waals surface area contributed by atoms with E-state index in [9.17, 15) is 9.59 Å². The standard InChI is InChI=1S/C28H38N4O3/c1-19(2)32(20(3)4)28(34)17-31-24-11-8-7-10-23(24)30-26(31)12-9-15-29-27(33)18-35-25-16-21(5)13-14-22(25)6/h7-8,10-11,13-14,16,19-20H,9,12,15,17-18H2,1-6H3,(H,29,33). The van der Waals surface area contributed by atoms with E-state index in [1.54, 1.807) is 0 Å². The van der Waals surface area contributed by atoms with Crippen LogP contribution in [0.15, 0.2) is 42.5 Å². The maximum Gasteiger partial charge on any atom is 0.257 e. The number of aryl methyl sites for hydroxylation is 3. The molecular weight excluding hydrogens is 440 g/mol. The number of amides is 2. The first-order valence-electron chi connectivity index (χ1n) is 12.4. The quantitative estimate of drug-likeness (QED) is 0.414. The van der Waals surface area contributed by atoms with Gasteiger partial charge in [0.05, 0.1) is 11.0 Å². The molecule has 1 N–H and O–H groups in total. The fraction of sp³-hybridized carbons (Fsp3) is 0.464. The van der Waals surface area contributed by atoms with Gasteiger partial charge < -0.3 is 19.5 Å². The van der Waals surface area contributed by atoms with Crippen molar-refractivity contribution in [3.63, 3.8) is 0 Å². The topological polar surface area (TPSA) is 76.5 Å². The number of hydrogen-bond acceptors (Lipinski definition) is 4. The van der Waals surface area contributed by atoms with Gasteiger partial charge in [0.25, 0.3) is 5.91 Å². The average molecular weight is 479 g/mol. The van der Waals surface area contributed by atoms with Crippen molar-refractivity contribution in [2.75, 3.05) is 13.2 Å². The fourth-order valence-corrected chi connectivity index (χ4v) is 4.41. The predicted octanol–water partition coefficient (Wildman–Crippen LogP) is 4.43. The summed E-state index contributed by atoms with van der Waals surface area (Å²) in [6, 6.07) is 14.1. The largest absolute Gasteiger partial charge is 0.483 e. The van der Waals surface area contributed by atoms with Gasteiger partial charge in [-0.25, -0.2) is 4.98 Å². The molecule has 7 heteroatoms. The summed E-state index contributed by atoms with van der Waals surface area (Å²) < 4.78 is 7.70. The number of fused-ring (bicyclic) bond motifs is 1. The molecule has 1 aromatic heterocycles. The van der Waals surface area contributed by atoms with E-state index in [1.165, 1.54) is 0 Å². The lowest BCUT2D eigenvalue weighted by molar-refractivity contribution is -0.135. The molecule has 2 amide bonds. The van der Waals surface area contributed by atoms with Gasteiger partial charge in [-0.3, -0.25) is 9.59 Å². The van der Waals surface area contributed by atoms with Crippen molar-refractivity contribution < 1.29 is 14.3 Å². The van der Waals surface area contributed by atoms with Gasteiger partial charge in [0.1, 0.15) is 18.1 Å². The van der Waals surface area contributed by atoms with Crippen LogP contribution in [0.1, 0.15) is 51.1 Å². The molecular formula is C28H38N4O3. The lowest BCUT2D eigenvalue weighted by Crippen LogP contribution is -2.43. The summed E-state index contributed by atoms with van der Waals surface area (Å²) in [7, 11) is 0. The number of para-hydroxylation sites is 2. The summed E-state index contributed by atoms with van der Waals surface area (Å²) in [6.45, 7) is 12.9. The summed E-state index contributed by atoms with van der Waals surface area (Å²) in [5, 5.41) is 2.92. The summed E-state index contributed by atoms with van der Waals surface area (Å²) in [6.07, 6.45) is 1.37. The minimum Gasteiger partial charge on any atom is -0.483 e. The van der Waals surface area contributed by atoms with Crippen molar-refractivity contribution in [2.24, 2.45) is 0 Å². The lowest BCUT2D eigenvalue weighted by atomic mass is 10.1. The van der Waals surface area contributed by atoms with Crippen LogP contribution in [0.3, 0.4) is 0 Å². The second-order valence-electron chi connectivity index (χ2n) is 9.60. The van der Waals surface area contributed by atoms with E-state index in [1.807, 2.05) is 93.5 Å². The van der Waals surface area contributed by atoms with Crippen LogP contribution in [0.5, 0.6) is 5.75 Å². The van der Waals surface area contributed by atoms with Gasteiger partial charge in [-0.05, 0) is 77.3 Å². The Kier molecular flexibility index (Phi) is 8.90. The van der Waals surface area contributed by atoms with Crippen LogP contribution in [0, 0.1) is 13.8 Å². The Labute approximate surface area is 208 Å². The van der Waals surface area contributed by atoms with Crippen LogP contribution in [-0.2, 0) is 22.6 Å². The second-order valence-corrected chi connectivity index (χ2v) is 9.60. The molecule has 0 radical (unpaired) electrons. The van der Waals surface area contributed by atoms with Crippen molar-refractivity contribution in [2.45, 2.75) is 73.0 Å². The van der Waals surface area contributed by atoms with Gasteiger partial charge in [0.2, 0.25) is 5.91 Å². The fourth-order valence-electron chi connectivity index (χ4n) is 4.41. The molecule has 3 aromatic rings. The first kappa shape index (κ1) is 26.3. The van der Waals surface area contributed by atoms with E-state index in [0.29, 0.717) is 19.4 Å². The zero-order valence-corrected chi connectivity index (χ0v) is 21.8. The molecule has 2 aromatic carbocycles. The molecule has 3 rings (SSSR count). The van der Waals surface area contributed by atoms with Crippen molar-refractivity contribution in [1.29, 1.82) is 0 Å². The first-order valence-corrected chi connectivity index (χ1v) is 12.4. The summed E-state index contributed by atoms with van der Waals surface area (Å²) in [5.74, 6) is 1.51. The monoisotopic (exact) mass is 478 g/mol. The van der Waals surface area contributed by atoms with Crippen LogP contribution in [0.25, 0.3) is 11.0 Å². The van der Waals surface area contributed by atoms with Crippen LogP contribution in [-0.4, -0.2) is 51.5 Å². The molecule has 35 heavy (non-hydrogen) atoms. The molecule has 0 spiro atoms. The summed E-state index contributed by atoms with van der Waals surface area (Å²) in [4.78, 5) is 32.1. The third kappa shape index (κ3) is 6.84. The lowest BCUT2D eigenvalue weighted by Gasteiger charge is -2.31. The van der Waals surface area contributed by atoms with E-state index in [4.69, 9.17) is 9.72 Å². The van der Waals surface area contributed by atoms with Crippen LogP contribution in [0.2, 0.25) is 0 Å². The summed E-state index contributed by atoms with van der Waals surface area (Å²) >= 11 is 0. The maximum absolute atomic E-state index is 13.1. The third-order valence-electron chi connectivity index (χ3n) is 6.03. The Morgan fingerprint density at radius 3 is 2.49 bits per heavy atom. The van der Waals surface area contributed by atoms with E-state index < -0.39 is 0 Å². The van der Waals surface area contributed by atoms with Gasteiger partial charge in [-0.15, -0.1) is 0 Å². The maximum atomic E-state index is 13.1. The zero-order valence-electron chi connectivity index (χ0n) is 21.8. The smallest absolute Gasteiger partial charge is 0.257 e. The van der Waals surface area contributed by atoms with Gasteiger partial charge in [0, 0.05) is 25.0 Å². The predicted molar refractivity (Wildman–Crippen MR) is 140 cm³/mol. The minimum absolute atomic E-state index is 0.0163. The Morgan fingerprint density at radius 2 is 1.77 bits per heavy atom. The molecule has 0 aliphatic carbocycles. The molecule has 0 fully saturated rings. The number of rotatable bonds is 11. The molecule has 0 unspecified atom stereocenters. The van der Waals surface area contributed by atoms with Gasteiger partial charge in [0.15, 0.2) is 6.61 Å².